The predicted molar refractivity (Wildman–Crippen MR) is 136 cm³/mol. The Morgan fingerprint density at radius 3 is 2.69 bits per heavy atom. The summed E-state index contributed by atoms with van der Waals surface area (Å²) < 4.78 is 13.0. The second-order valence-corrected chi connectivity index (χ2v) is 11.7. The number of thiophene rings is 1. The molecule has 0 bridgehead atoms. The van der Waals surface area contributed by atoms with Crippen LogP contribution < -0.4 is 4.90 Å². The first kappa shape index (κ1) is 22.4. The van der Waals surface area contributed by atoms with E-state index in [1.807, 2.05) is 6.26 Å². The van der Waals surface area contributed by atoms with E-state index in [1.54, 1.807) is 34.9 Å². The molecule has 0 N–H and O–H groups in total. The van der Waals surface area contributed by atoms with Crippen molar-refractivity contribution in [3.05, 3.63) is 23.3 Å². The summed E-state index contributed by atoms with van der Waals surface area (Å²) >= 11 is 5.04. The number of rotatable bonds is 5. The summed E-state index contributed by atoms with van der Waals surface area (Å²) in [5, 5.41) is 3.01. The number of fused-ring (bicyclic) bond motifs is 5. The zero-order valence-electron chi connectivity index (χ0n) is 19.0. The van der Waals surface area contributed by atoms with Crippen LogP contribution in [0.2, 0.25) is 0 Å². The number of hydrogen-bond acceptors (Lipinski definition) is 9. The zero-order chi connectivity index (χ0) is 22.5. The van der Waals surface area contributed by atoms with Gasteiger partial charge in [-0.05, 0) is 32.6 Å². The van der Waals surface area contributed by atoms with Crippen LogP contribution in [0, 0.1) is 0 Å². The highest BCUT2D eigenvalue weighted by Gasteiger charge is 2.33. The third-order valence-electron chi connectivity index (χ3n) is 5.77. The van der Waals surface area contributed by atoms with Crippen LogP contribution in [-0.4, -0.2) is 58.9 Å². The minimum Gasteiger partial charge on any atom is -0.378 e. The lowest BCUT2D eigenvalue weighted by atomic mass is 9.90. The van der Waals surface area contributed by atoms with E-state index < -0.39 is 0 Å². The fourth-order valence-electron chi connectivity index (χ4n) is 4.23. The van der Waals surface area contributed by atoms with Crippen LogP contribution in [0.3, 0.4) is 0 Å². The highest BCUT2D eigenvalue weighted by Crippen LogP contribution is 2.45. The molecule has 9 heteroatoms. The lowest BCUT2D eigenvalue weighted by Crippen LogP contribution is -2.39. The van der Waals surface area contributed by atoms with Crippen LogP contribution >= 0.6 is 34.9 Å². The average Bonchev–Trinajstić information content (AvgIpc) is 3.15. The molecule has 3 aromatic heterocycles. The minimum atomic E-state index is -0.218. The fourth-order valence-corrected chi connectivity index (χ4v) is 6.74. The zero-order valence-corrected chi connectivity index (χ0v) is 21.4. The lowest BCUT2D eigenvalue weighted by Gasteiger charge is -2.36. The van der Waals surface area contributed by atoms with Crippen molar-refractivity contribution in [3.8, 4) is 0 Å². The first-order valence-corrected chi connectivity index (χ1v) is 13.8. The van der Waals surface area contributed by atoms with E-state index in [0.717, 1.165) is 75.1 Å². The number of thioether (sulfide) groups is 2. The molecule has 0 spiro atoms. The van der Waals surface area contributed by atoms with E-state index in [9.17, 15) is 0 Å². The minimum absolute atomic E-state index is 0.218. The molecule has 170 valence electrons. The molecule has 0 radical (unpaired) electrons. The highest BCUT2D eigenvalue weighted by atomic mass is 32.2. The van der Waals surface area contributed by atoms with Crippen LogP contribution in [0.5, 0.6) is 0 Å². The van der Waals surface area contributed by atoms with E-state index in [-0.39, 0.29) is 5.60 Å². The molecular formula is C23H28N4O2S3. The van der Waals surface area contributed by atoms with Gasteiger partial charge >= 0.3 is 0 Å². The highest BCUT2D eigenvalue weighted by molar-refractivity contribution is 8.00. The Morgan fingerprint density at radius 1 is 1.19 bits per heavy atom. The molecule has 0 aliphatic carbocycles. The molecule has 0 amide bonds. The predicted octanol–water partition coefficient (Wildman–Crippen LogP) is 5.32. The number of nitrogens with zero attached hydrogens (tertiary/aromatic N) is 4. The van der Waals surface area contributed by atoms with Gasteiger partial charge in [-0.15, -0.1) is 23.1 Å². The monoisotopic (exact) mass is 488 g/mol. The first-order chi connectivity index (χ1) is 15.4. The van der Waals surface area contributed by atoms with Gasteiger partial charge in [0.15, 0.2) is 5.16 Å². The third-order valence-corrected chi connectivity index (χ3v) is 8.73. The third kappa shape index (κ3) is 4.14. The van der Waals surface area contributed by atoms with E-state index in [0.29, 0.717) is 6.61 Å². The molecule has 2 aliphatic heterocycles. The summed E-state index contributed by atoms with van der Waals surface area (Å²) in [6.45, 7) is 14.2. The summed E-state index contributed by atoms with van der Waals surface area (Å²) in [4.78, 5) is 18.4. The number of anilines is 1. The van der Waals surface area contributed by atoms with Gasteiger partial charge in [0.25, 0.3) is 0 Å². The van der Waals surface area contributed by atoms with E-state index in [2.05, 4.69) is 32.3 Å². The van der Waals surface area contributed by atoms with Gasteiger partial charge in [0.1, 0.15) is 15.7 Å². The van der Waals surface area contributed by atoms with Gasteiger partial charge in [-0.1, -0.05) is 23.9 Å². The van der Waals surface area contributed by atoms with Crippen LogP contribution in [0.1, 0.15) is 31.9 Å². The van der Waals surface area contributed by atoms with Crippen molar-refractivity contribution < 1.29 is 9.47 Å². The molecule has 0 atom stereocenters. The Labute approximate surface area is 201 Å². The Morgan fingerprint density at radius 2 is 1.97 bits per heavy atom. The first-order valence-electron chi connectivity index (χ1n) is 10.8. The largest absolute Gasteiger partial charge is 0.378 e. The van der Waals surface area contributed by atoms with Gasteiger partial charge in [0, 0.05) is 36.2 Å². The lowest BCUT2D eigenvalue weighted by molar-refractivity contribution is -0.0396. The van der Waals surface area contributed by atoms with Crippen molar-refractivity contribution in [3.63, 3.8) is 0 Å². The molecular weight excluding hydrogens is 460 g/mol. The van der Waals surface area contributed by atoms with Crippen molar-refractivity contribution in [2.45, 2.75) is 49.6 Å². The van der Waals surface area contributed by atoms with E-state index >= 15 is 0 Å². The Hall–Kier alpha value is -1.39. The van der Waals surface area contributed by atoms with Gasteiger partial charge < -0.3 is 14.4 Å². The molecule has 5 heterocycles. The van der Waals surface area contributed by atoms with Gasteiger partial charge in [-0.3, -0.25) is 0 Å². The van der Waals surface area contributed by atoms with E-state index in [1.165, 1.54) is 16.5 Å². The summed E-state index contributed by atoms with van der Waals surface area (Å²) in [6.07, 6.45) is 2.88. The molecule has 0 saturated carbocycles. The number of aromatic nitrogens is 3. The quantitative estimate of drug-likeness (QED) is 0.207. The van der Waals surface area contributed by atoms with Gasteiger partial charge in [0.05, 0.1) is 35.6 Å². The molecule has 3 aromatic rings. The summed E-state index contributed by atoms with van der Waals surface area (Å²) in [5.74, 6) is 1.90. The Balaban J connectivity index is 1.77. The Bertz CT molecular complexity index is 1200. The average molecular weight is 489 g/mol. The number of hydrogen-bond donors (Lipinski definition) is 0. The van der Waals surface area contributed by atoms with E-state index in [4.69, 9.17) is 24.4 Å². The van der Waals surface area contributed by atoms with Gasteiger partial charge in [-0.2, -0.15) is 0 Å². The van der Waals surface area contributed by atoms with Gasteiger partial charge in [0.2, 0.25) is 0 Å². The topological polar surface area (TPSA) is 60.4 Å². The molecule has 5 rings (SSSR count). The maximum Gasteiger partial charge on any atom is 0.189 e. The standard InChI is InChI=1S/C23H28N4O2S3/c1-13(2)12-31-21-18-17(24-22(26-21)30-5)16-14-10-23(3,4)29-11-15(14)19(25-20(16)32-18)27-6-8-28-9-7-27/h1,6-12H2,2-5H3. The van der Waals surface area contributed by atoms with Crippen molar-refractivity contribution in [1.82, 2.24) is 15.0 Å². The van der Waals surface area contributed by atoms with Crippen LogP contribution in [0.25, 0.3) is 20.4 Å². The molecule has 1 saturated heterocycles. The molecule has 6 nitrogen and oxygen atoms in total. The second kappa shape index (κ2) is 8.76. The van der Waals surface area contributed by atoms with Crippen molar-refractivity contribution in [1.29, 1.82) is 0 Å². The summed E-state index contributed by atoms with van der Waals surface area (Å²) in [6, 6.07) is 0. The maximum atomic E-state index is 6.25. The van der Waals surface area contributed by atoms with Crippen molar-refractivity contribution >= 4 is 61.1 Å². The van der Waals surface area contributed by atoms with Crippen molar-refractivity contribution in [2.75, 3.05) is 43.2 Å². The second-order valence-electron chi connectivity index (χ2n) is 8.94. The summed E-state index contributed by atoms with van der Waals surface area (Å²) in [7, 11) is 0. The number of ether oxygens (including phenoxy) is 2. The van der Waals surface area contributed by atoms with Crippen LogP contribution in [0.15, 0.2) is 22.3 Å². The van der Waals surface area contributed by atoms with Crippen molar-refractivity contribution in [2.24, 2.45) is 0 Å². The van der Waals surface area contributed by atoms with Crippen LogP contribution in [0.4, 0.5) is 5.82 Å². The smallest absolute Gasteiger partial charge is 0.189 e. The molecule has 2 aliphatic rings. The molecule has 0 aromatic carbocycles. The molecule has 1 fully saturated rings. The fraction of sp³-hybridized carbons (Fsp3) is 0.522. The number of pyridine rings is 1. The molecule has 0 unspecified atom stereocenters. The summed E-state index contributed by atoms with van der Waals surface area (Å²) in [5.41, 5.74) is 4.49. The normalized spacial score (nSPS) is 18.3. The maximum absolute atomic E-state index is 6.25. The van der Waals surface area contributed by atoms with Crippen LogP contribution in [-0.2, 0) is 22.5 Å². The molecule has 32 heavy (non-hydrogen) atoms. The van der Waals surface area contributed by atoms with Gasteiger partial charge in [-0.25, -0.2) is 15.0 Å². The number of morpholine rings is 1. The Kier molecular flexibility index (Phi) is 6.13. The SMILES string of the molecule is C=C(C)CSc1nc(SC)nc2c1sc1nc(N3CCOCC3)c3c(c12)CC(C)(C)OC3.